The number of urea groups is 1. The van der Waals surface area contributed by atoms with Gasteiger partial charge in [-0.2, -0.15) is 0 Å². The summed E-state index contributed by atoms with van der Waals surface area (Å²) in [7, 11) is 0. The Morgan fingerprint density at radius 1 is 1.25 bits per heavy atom. The molecule has 3 rings (SSSR count). The second-order valence-electron chi connectivity index (χ2n) is 5.60. The Kier molecular flexibility index (Phi) is 4.84. The average molecular weight is 328 g/mol. The van der Waals surface area contributed by atoms with Crippen LogP contribution in [0.1, 0.15) is 46.8 Å². The molecule has 6 heteroatoms. The molecule has 0 saturated heterocycles. The lowest BCUT2D eigenvalue weighted by Crippen LogP contribution is -2.36. The lowest BCUT2D eigenvalue weighted by Gasteiger charge is -2.14. The molecule has 2 aromatic rings. The number of carbonyl (C=O) groups excluding carboxylic acids is 2. The first-order chi connectivity index (χ1) is 11.7. The summed E-state index contributed by atoms with van der Waals surface area (Å²) in [5, 5.41) is 5.72. The average Bonchev–Trinajstić information content (AvgIpc) is 3.21. The van der Waals surface area contributed by atoms with Gasteiger partial charge in [-0.05, 0) is 43.0 Å². The molecule has 0 fully saturated rings. The van der Waals surface area contributed by atoms with Gasteiger partial charge >= 0.3 is 12.0 Å². The van der Waals surface area contributed by atoms with Crippen molar-refractivity contribution in [3.63, 3.8) is 0 Å². The van der Waals surface area contributed by atoms with Crippen LogP contribution in [0.5, 0.6) is 0 Å². The molecule has 0 spiro atoms. The molecule has 2 N–H and O–H groups in total. The second kappa shape index (κ2) is 7.21. The molecule has 1 aliphatic rings. The monoisotopic (exact) mass is 328 g/mol. The van der Waals surface area contributed by atoms with Crippen molar-refractivity contribution in [1.29, 1.82) is 0 Å². The SMILES string of the molecule is CCOC(=O)c1ccc(CNC(=O)N[C@H]2CCc3ccccc32)o1. The Morgan fingerprint density at radius 2 is 2.08 bits per heavy atom. The lowest BCUT2D eigenvalue weighted by molar-refractivity contribution is 0.0488. The summed E-state index contributed by atoms with van der Waals surface area (Å²) in [5.74, 6) is 0.134. The summed E-state index contributed by atoms with van der Waals surface area (Å²) < 4.78 is 10.2. The fourth-order valence-corrected chi connectivity index (χ4v) is 2.87. The maximum Gasteiger partial charge on any atom is 0.374 e. The van der Waals surface area contributed by atoms with Crippen molar-refractivity contribution in [2.75, 3.05) is 6.61 Å². The van der Waals surface area contributed by atoms with E-state index in [0.717, 1.165) is 12.8 Å². The van der Waals surface area contributed by atoms with Gasteiger partial charge in [-0.3, -0.25) is 0 Å². The molecule has 2 amide bonds. The van der Waals surface area contributed by atoms with Crippen LogP contribution in [-0.2, 0) is 17.7 Å². The summed E-state index contributed by atoms with van der Waals surface area (Å²) >= 11 is 0. The maximum atomic E-state index is 12.1. The Bertz CT molecular complexity index is 738. The summed E-state index contributed by atoms with van der Waals surface area (Å²) in [5.41, 5.74) is 2.46. The number of hydrogen-bond acceptors (Lipinski definition) is 4. The van der Waals surface area contributed by atoms with Gasteiger partial charge in [0.05, 0.1) is 19.2 Å². The number of hydrogen-bond donors (Lipinski definition) is 2. The standard InChI is InChI=1S/C18H20N2O4/c1-2-23-17(21)16-10-8-13(24-16)11-19-18(22)20-15-9-7-12-5-3-4-6-14(12)15/h3-6,8,10,15H,2,7,9,11H2,1H3,(H2,19,20,22)/t15-/m0/s1. The molecule has 1 aromatic carbocycles. The van der Waals surface area contributed by atoms with Crippen molar-refractivity contribution >= 4 is 12.0 Å². The van der Waals surface area contributed by atoms with E-state index in [1.165, 1.54) is 11.1 Å². The lowest BCUT2D eigenvalue weighted by atomic mass is 10.1. The second-order valence-corrected chi connectivity index (χ2v) is 5.60. The van der Waals surface area contributed by atoms with Gasteiger partial charge in [-0.15, -0.1) is 0 Å². The Labute approximate surface area is 140 Å². The zero-order chi connectivity index (χ0) is 16.9. The summed E-state index contributed by atoms with van der Waals surface area (Å²) in [6.45, 7) is 2.23. The Balaban J connectivity index is 1.51. The first-order valence-corrected chi connectivity index (χ1v) is 8.05. The zero-order valence-corrected chi connectivity index (χ0v) is 13.5. The Morgan fingerprint density at radius 3 is 2.92 bits per heavy atom. The quantitative estimate of drug-likeness (QED) is 0.827. The van der Waals surface area contributed by atoms with Gasteiger partial charge in [0.2, 0.25) is 5.76 Å². The zero-order valence-electron chi connectivity index (χ0n) is 13.5. The molecular formula is C18H20N2O4. The van der Waals surface area contributed by atoms with Crippen LogP contribution >= 0.6 is 0 Å². The first-order valence-electron chi connectivity index (χ1n) is 8.05. The summed E-state index contributed by atoms with van der Waals surface area (Å²) in [6.07, 6.45) is 1.88. The van der Waals surface area contributed by atoms with Gasteiger partial charge in [0.15, 0.2) is 0 Å². The van der Waals surface area contributed by atoms with Crippen LogP contribution in [0.2, 0.25) is 0 Å². The molecule has 0 saturated carbocycles. The molecule has 24 heavy (non-hydrogen) atoms. The number of furan rings is 1. The number of esters is 1. The fourth-order valence-electron chi connectivity index (χ4n) is 2.87. The van der Waals surface area contributed by atoms with E-state index >= 15 is 0 Å². The van der Waals surface area contributed by atoms with Crippen LogP contribution in [0.3, 0.4) is 0 Å². The van der Waals surface area contributed by atoms with Crippen LogP contribution in [0.4, 0.5) is 4.79 Å². The number of carbonyl (C=O) groups is 2. The first kappa shape index (κ1) is 16.1. The summed E-state index contributed by atoms with van der Waals surface area (Å²) in [6, 6.07) is 11.1. The highest BCUT2D eigenvalue weighted by molar-refractivity contribution is 5.86. The highest BCUT2D eigenvalue weighted by Gasteiger charge is 2.23. The number of rotatable bonds is 5. The smallest absolute Gasteiger partial charge is 0.374 e. The van der Waals surface area contributed by atoms with E-state index in [1.54, 1.807) is 19.1 Å². The molecule has 0 bridgehead atoms. The van der Waals surface area contributed by atoms with Gasteiger partial charge in [0.1, 0.15) is 5.76 Å². The highest BCUT2D eigenvalue weighted by atomic mass is 16.5. The minimum absolute atomic E-state index is 0.0351. The largest absolute Gasteiger partial charge is 0.460 e. The number of benzene rings is 1. The molecule has 0 radical (unpaired) electrons. The van der Waals surface area contributed by atoms with E-state index in [0.29, 0.717) is 12.4 Å². The topological polar surface area (TPSA) is 80.6 Å². The summed E-state index contributed by atoms with van der Waals surface area (Å²) in [4.78, 5) is 23.6. The number of aryl methyl sites for hydroxylation is 1. The van der Waals surface area contributed by atoms with Gasteiger partial charge in [-0.25, -0.2) is 9.59 Å². The van der Waals surface area contributed by atoms with Gasteiger partial charge in [0.25, 0.3) is 0 Å². The number of ether oxygens (including phenoxy) is 1. The van der Waals surface area contributed by atoms with Gasteiger partial charge < -0.3 is 19.8 Å². The van der Waals surface area contributed by atoms with Crippen molar-refractivity contribution in [2.45, 2.75) is 32.4 Å². The molecule has 1 atom stereocenters. The number of amides is 2. The van der Waals surface area contributed by atoms with Crippen molar-refractivity contribution in [1.82, 2.24) is 10.6 Å². The van der Waals surface area contributed by atoms with Crippen LogP contribution in [-0.4, -0.2) is 18.6 Å². The predicted molar refractivity (Wildman–Crippen MR) is 87.5 cm³/mol. The van der Waals surface area contributed by atoms with Crippen LogP contribution in [0.25, 0.3) is 0 Å². The van der Waals surface area contributed by atoms with E-state index in [9.17, 15) is 9.59 Å². The third-order valence-electron chi connectivity index (χ3n) is 4.00. The minimum atomic E-state index is -0.504. The van der Waals surface area contributed by atoms with E-state index in [1.807, 2.05) is 18.2 Å². The molecule has 1 aliphatic carbocycles. The van der Waals surface area contributed by atoms with Gasteiger partial charge in [-0.1, -0.05) is 24.3 Å². The molecule has 0 aliphatic heterocycles. The van der Waals surface area contributed by atoms with Crippen molar-refractivity contribution in [2.24, 2.45) is 0 Å². The van der Waals surface area contributed by atoms with E-state index in [2.05, 4.69) is 16.7 Å². The third-order valence-corrected chi connectivity index (χ3v) is 4.00. The number of nitrogens with one attached hydrogen (secondary N) is 2. The van der Waals surface area contributed by atoms with Gasteiger partial charge in [0, 0.05) is 0 Å². The molecule has 1 heterocycles. The third kappa shape index (κ3) is 3.59. The van der Waals surface area contributed by atoms with Crippen LogP contribution in [0.15, 0.2) is 40.8 Å². The van der Waals surface area contributed by atoms with Crippen molar-refractivity contribution in [3.8, 4) is 0 Å². The minimum Gasteiger partial charge on any atom is -0.460 e. The van der Waals surface area contributed by atoms with Crippen molar-refractivity contribution in [3.05, 3.63) is 59.0 Å². The molecule has 1 aromatic heterocycles. The van der Waals surface area contributed by atoms with E-state index in [4.69, 9.17) is 9.15 Å². The number of fused-ring (bicyclic) bond motifs is 1. The molecule has 0 unspecified atom stereocenters. The Hall–Kier alpha value is -2.76. The predicted octanol–water partition coefficient (Wildman–Crippen LogP) is 2.94. The van der Waals surface area contributed by atoms with Crippen LogP contribution < -0.4 is 10.6 Å². The van der Waals surface area contributed by atoms with E-state index in [-0.39, 0.29) is 24.4 Å². The molecule has 126 valence electrons. The van der Waals surface area contributed by atoms with Crippen molar-refractivity contribution < 1.29 is 18.7 Å². The van der Waals surface area contributed by atoms with Crippen LogP contribution in [0, 0.1) is 0 Å². The molecular weight excluding hydrogens is 308 g/mol. The maximum absolute atomic E-state index is 12.1. The molecule has 6 nitrogen and oxygen atoms in total. The van der Waals surface area contributed by atoms with E-state index < -0.39 is 5.97 Å². The highest BCUT2D eigenvalue weighted by Crippen LogP contribution is 2.30. The fraction of sp³-hybridized carbons (Fsp3) is 0.333. The normalized spacial score (nSPS) is 15.6.